The van der Waals surface area contributed by atoms with Crippen molar-refractivity contribution in [1.82, 2.24) is 9.88 Å². The van der Waals surface area contributed by atoms with Gasteiger partial charge in [-0.15, -0.1) is 11.3 Å². The fraction of sp³-hybridized carbons (Fsp3) is 0.438. The SMILES string of the molecule is Cc1csc(N2CCN(C(C)c3c(F)cccc3F)CC2)n1. The summed E-state index contributed by atoms with van der Waals surface area (Å²) >= 11 is 1.64. The molecule has 1 aromatic carbocycles. The Labute approximate surface area is 133 Å². The Balaban J connectivity index is 1.68. The van der Waals surface area contributed by atoms with Gasteiger partial charge in [0.15, 0.2) is 5.13 Å². The van der Waals surface area contributed by atoms with E-state index < -0.39 is 11.6 Å². The third kappa shape index (κ3) is 2.98. The van der Waals surface area contributed by atoms with E-state index in [9.17, 15) is 8.78 Å². The minimum absolute atomic E-state index is 0.168. The van der Waals surface area contributed by atoms with Gasteiger partial charge < -0.3 is 4.90 Å². The molecule has 0 bridgehead atoms. The van der Waals surface area contributed by atoms with Crippen LogP contribution >= 0.6 is 11.3 Å². The number of rotatable bonds is 3. The molecule has 1 aliphatic rings. The first-order valence-corrected chi connectivity index (χ1v) is 8.29. The Bertz CT molecular complexity index is 630. The molecular weight excluding hydrogens is 304 g/mol. The van der Waals surface area contributed by atoms with Crippen LogP contribution < -0.4 is 4.90 Å². The Morgan fingerprint density at radius 2 is 1.77 bits per heavy atom. The molecule has 22 heavy (non-hydrogen) atoms. The number of nitrogens with zero attached hydrogens (tertiary/aromatic N) is 3. The van der Waals surface area contributed by atoms with Gasteiger partial charge in [-0.25, -0.2) is 13.8 Å². The number of aryl methyl sites for hydroxylation is 1. The van der Waals surface area contributed by atoms with Crippen molar-refractivity contribution in [3.05, 3.63) is 46.5 Å². The van der Waals surface area contributed by atoms with Crippen molar-refractivity contribution in [3.8, 4) is 0 Å². The molecule has 6 heteroatoms. The zero-order valence-electron chi connectivity index (χ0n) is 12.7. The molecule has 1 unspecified atom stereocenters. The first-order chi connectivity index (χ1) is 10.6. The van der Waals surface area contributed by atoms with Gasteiger partial charge in [-0.3, -0.25) is 4.90 Å². The highest BCUT2D eigenvalue weighted by molar-refractivity contribution is 7.13. The van der Waals surface area contributed by atoms with Gasteiger partial charge in [0, 0.05) is 43.2 Å². The van der Waals surface area contributed by atoms with E-state index in [4.69, 9.17) is 0 Å². The zero-order chi connectivity index (χ0) is 15.7. The van der Waals surface area contributed by atoms with E-state index >= 15 is 0 Å². The molecule has 0 radical (unpaired) electrons. The summed E-state index contributed by atoms with van der Waals surface area (Å²) in [5.74, 6) is -0.934. The highest BCUT2D eigenvalue weighted by atomic mass is 32.1. The number of anilines is 1. The van der Waals surface area contributed by atoms with Crippen molar-refractivity contribution in [1.29, 1.82) is 0 Å². The fourth-order valence-electron chi connectivity index (χ4n) is 2.88. The maximum atomic E-state index is 13.9. The fourth-order valence-corrected chi connectivity index (χ4v) is 3.74. The van der Waals surface area contributed by atoms with E-state index in [1.807, 2.05) is 19.2 Å². The second kappa shape index (κ2) is 6.30. The Hall–Kier alpha value is -1.53. The molecule has 1 fully saturated rings. The lowest BCUT2D eigenvalue weighted by molar-refractivity contribution is 0.191. The van der Waals surface area contributed by atoms with E-state index in [2.05, 4.69) is 14.8 Å². The molecule has 1 aromatic heterocycles. The smallest absolute Gasteiger partial charge is 0.185 e. The summed E-state index contributed by atoms with van der Waals surface area (Å²) in [5, 5.41) is 3.07. The number of thiazole rings is 1. The lowest BCUT2D eigenvalue weighted by atomic mass is 10.0. The van der Waals surface area contributed by atoms with Crippen LogP contribution in [0.5, 0.6) is 0 Å². The number of benzene rings is 1. The number of aromatic nitrogens is 1. The van der Waals surface area contributed by atoms with Crippen LogP contribution in [0.3, 0.4) is 0 Å². The van der Waals surface area contributed by atoms with Crippen LogP contribution in [0.25, 0.3) is 0 Å². The summed E-state index contributed by atoms with van der Waals surface area (Å²) in [5.41, 5.74) is 1.20. The summed E-state index contributed by atoms with van der Waals surface area (Å²) in [6.45, 7) is 7.05. The molecule has 0 amide bonds. The minimum atomic E-state index is -0.467. The molecule has 118 valence electrons. The van der Waals surface area contributed by atoms with E-state index in [1.165, 1.54) is 18.2 Å². The number of hydrogen-bond donors (Lipinski definition) is 0. The van der Waals surface area contributed by atoms with Crippen molar-refractivity contribution in [2.24, 2.45) is 0 Å². The average molecular weight is 323 g/mol. The van der Waals surface area contributed by atoms with Crippen molar-refractivity contribution < 1.29 is 8.78 Å². The van der Waals surface area contributed by atoms with E-state index in [-0.39, 0.29) is 11.6 Å². The quantitative estimate of drug-likeness (QED) is 0.860. The van der Waals surface area contributed by atoms with Gasteiger partial charge >= 0.3 is 0 Å². The second-order valence-corrected chi connectivity index (χ2v) is 6.44. The minimum Gasteiger partial charge on any atom is -0.346 e. The highest BCUT2D eigenvalue weighted by Gasteiger charge is 2.26. The van der Waals surface area contributed by atoms with E-state index in [0.29, 0.717) is 0 Å². The molecule has 0 N–H and O–H groups in total. The maximum absolute atomic E-state index is 13.9. The molecule has 2 aromatic rings. The Kier molecular flexibility index (Phi) is 4.40. The summed E-state index contributed by atoms with van der Waals surface area (Å²) < 4.78 is 27.8. The first kappa shape index (κ1) is 15.4. The molecule has 1 saturated heterocycles. The number of halogens is 2. The van der Waals surface area contributed by atoms with Crippen molar-refractivity contribution >= 4 is 16.5 Å². The molecule has 0 saturated carbocycles. The van der Waals surface area contributed by atoms with Crippen LogP contribution in [0, 0.1) is 18.6 Å². The van der Waals surface area contributed by atoms with Gasteiger partial charge in [0.1, 0.15) is 11.6 Å². The number of hydrogen-bond acceptors (Lipinski definition) is 4. The van der Waals surface area contributed by atoms with E-state index in [0.717, 1.165) is 37.0 Å². The predicted molar refractivity (Wildman–Crippen MR) is 85.4 cm³/mol. The van der Waals surface area contributed by atoms with Gasteiger partial charge in [0.05, 0.1) is 5.69 Å². The monoisotopic (exact) mass is 323 g/mol. The topological polar surface area (TPSA) is 19.4 Å². The Morgan fingerprint density at radius 3 is 2.32 bits per heavy atom. The third-order valence-corrected chi connectivity index (χ3v) is 5.18. The predicted octanol–water partition coefficient (Wildman–Crippen LogP) is 3.61. The molecule has 2 heterocycles. The van der Waals surface area contributed by atoms with Crippen LogP contribution in [0.1, 0.15) is 24.2 Å². The lowest BCUT2D eigenvalue weighted by Crippen LogP contribution is -2.47. The van der Waals surface area contributed by atoms with Gasteiger partial charge in [0.25, 0.3) is 0 Å². The van der Waals surface area contributed by atoms with Gasteiger partial charge in [-0.1, -0.05) is 6.07 Å². The molecule has 0 aliphatic carbocycles. The molecule has 3 rings (SSSR count). The van der Waals surface area contributed by atoms with Crippen molar-refractivity contribution in [2.75, 3.05) is 31.1 Å². The van der Waals surface area contributed by atoms with Crippen LogP contribution in [-0.4, -0.2) is 36.1 Å². The molecule has 0 spiro atoms. The highest BCUT2D eigenvalue weighted by Crippen LogP contribution is 2.28. The Morgan fingerprint density at radius 1 is 1.14 bits per heavy atom. The largest absolute Gasteiger partial charge is 0.346 e. The van der Waals surface area contributed by atoms with Gasteiger partial charge in [-0.2, -0.15) is 0 Å². The molecular formula is C16H19F2N3S. The third-order valence-electron chi connectivity index (χ3n) is 4.16. The van der Waals surface area contributed by atoms with Crippen LogP contribution in [-0.2, 0) is 0 Å². The summed E-state index contributed by atoms with van der Waals surface area (Å²) in [6.07, 6.45) is 0. The normalized spacial score (nSPS) is 17.7. The molecule has 3 nitrogen and oxygen atoms in total. The summed E-state index contributed by atoms with van der Waals surface area (Å²) in [6, 6.07) is 3.79. The van der Waals surface area contributed by atoms with Crippen molar-refractivity contribution in [3.63, 3.8) is 0 Å². The maximum Gasteiger partial charge on any atom is 0.185 e. The van der Waals surface area contributed by atoms with Crippen molar-refractivity contribution in [2.45, 2.75) is 19.9 Å². The number of piperazine rings is 1. The van der Waals surface area contributed by atoms with Gasteiger partial charge in [0.2, 0.25) is 0 Å². The molecule has 1 atom stereocenters. The zero-order valence-corrected chi connectivity index (χ0v) is 13.5. The summed E-state index contributed by atoms with van der Waals surface area (Å²) in [4.78, 5) is 8.85. The lowest BCUT2D eigenvalue weighted by Gasteiger charge is -2.38. The average Bonchev–Trinajstić information content (AvgIpc) is 2.94. The van der Waals surface area contributed by atoms with Crippen LogP contribution in [0.2, 0.25) is 0 Å². The van der Waals surface area contributed by atoms with Crippen LogP contribution in [0.15, 0.2) is 23.6 Å². The first-order valence-electron chi connectivity index (χ1n) is 7.41. The molecule has 1 aliphatic heterocycles. The van der Waals surface area contributed by atoms with Crippen LogP contribution in [0.4, 0.5) is 13.9 Å². The second-order valence-electron chi connectivity index (χ2n) is 5.61. The summed E-state index contributed by atoms with van der Waals surface area (Å²) in [7, 11) is 0. The van der Waals surface area contributed by atoms with E-state index in [1.54, 1.807) is 11.3 Å². The van der Waals surface area contributed by atoms with Gasteiger partial charge in [-0.05, 0) is 26.0 Å². The standard InChI is InChI=1S/C16H19F2N3S/c1-11-10-22-16(19-11)21-8-6-20(7-9-21)12(2)15-13(17)4-3-5-14(15)18/h3-5,10,12H,6-9H2,1-2H3.